The molecule has 0 fully saturated rings. The molecule has 2 rings (SSSR count). The third kappa shape index (κ3) is 3.50. The van der Waals surface area contributed by atoms with E-state index in [4.69, 9.17) is 16.3 Å². The maximum atomic E-state index is 12.9. The first-order valence-corrected chi connectivity index (χ1v) is 6.80. The zero-order valence-electron chi connectivity index (χ0n) is 11.5. The normalized spacial score (nSPS) is 12.2. The van der Waals surface area contributed by atoms with Gasteiger partial charge in [-0.25, -0.2) is 4.39 Å². The van der Waals surface area contributed by atoms with Gasteiger partial charge >= 0.3 is 0 Å². The van der Waals surface area contributed by atoms with E-state index in [9.17, 15) is 4.39 Å². The van der Waals surface area contributed by atoms with E-state index in [1.807, 2.05) is 25.1 Å². The summed E-state index contributed by atoms with van der Waals surface area (Å²) in [5, 5.41) is 4.03. The van der Waals surface area contributed by atoms with Crippen LogP contribution in [0.1, 0.15) is 24.1 Å². The average molecular weight is 294 g/mol. The van der Waals surface area contributed by atoms with E-state index < -0.39 is 0 Å². The lowest BCUT2D eigenvalue weighted by Crippen LogP contribution is -2.18. The lowest BCUT2D eigenvalue weighted by Gasteiger charge is -2.16. The predicted octanol–water partition coefficient (Wildman–Crippen LogP) is 4.34. The fourth-order valence-corrected chi connectivity index (χ4v) is 2.26. The second-order valence-electron chi connectivity index (χ2n) is 4.57. The third-order valence-corrected chi connectivity index (χ3v) is 3.60. The fourth-order valence-electron chi connectivity index (χ4n) is 2.03. The number of benzene rings is 2. The molecule has 0 saturated carbocycles. The van der Waals surface area contributed by atoms with Crippen molar-refractivity contribution in [1.82, 2.24) is 5.32 Å². The molecule has 1 atom stereocenters. The molecule has 0 unspecified atom stereocenters. The van der Waals surface area contributed by atoms with Gasteiger partial charge in [0.05, 0.1) is 7.11 Å². The Bertz CT molecular complexity index is 571. The summed E-state index contributed by atoms with van der Waals surface area (Å²) in [5.74, 6) is 0.532. The van der Waals surface area contributed by atoms with Crippen molar-refractivity contribution in [2.75, 3.05) is 7.11 Å². The van der Waals surface area contributed by atoms with E-state index in [2.05, 4.69) is 5.32 Å². The molecule has 1 N–H and O–H groups in total. The molecule has 20 heavy (non-hydrogen) atoms. The topological polar surface area (TPSA) is 21.3 Å². The van der Waals surface area contributed by atoms with Gasteiger partial charge in [0.2, 0.25) is 0 Å². The van der Waals surface area contributed by atoms with Crippen LogP contribution in [0, 0.1) is 5.82 Å². The summed E-state index contributed by atoms with van der Waals surface area (Å²) in [4.78, 5) is 0. The number of hydrogen-bond acceptors (Lipinski definition) is 2. The van der Waals surface area contributed by atoms with E-state index in [0.717, 1.165) is 16.9 Å². The van der Waals surface area contributed by atoms with Crippen molar-refractivity contribution >= 4 is 11.6 Å². The Labute approximate surface area is 123 Å². The minimum absolute atomic E-state index is 0.0941. The maximum Gasteiger partial charge on any atom is 0.124 e. The molecule has 0 bridgehead atoms. The molecule has 2 aromatic rings. The quantitative estimate of drug-likeness (QED) is 0.885. The molecule has 0 aliphatic heterocycles. The van der Waals surface area contributed by atoms with Gasteiger partial charge in [-0.15, -0.1) is 0 Å². The molecule has 0 radical (unpaired) electrons. The second-order valence-corrected chi connectivity index (χ2v) is 4.98. The molecule has 2 nitrogen and oxygen atoms in total. The molecule has 0 spiro atoms. The number of rotatable bonds is 5. The lowest BCUT2D eigenvalue weighted by atomic mass is 10.1. The Morgan fingerprint density at radius 1 is 1.20 bits per heavy atom. The van der Waals surface area contributed by atoms with Crippen molar-refractivity contribution in [1.29, 1.82) is 0 Å². The molecule has 0 heterocycles. The smallest absolute Gasteiger partial charge is 0.124 e. The molecule has 4 heteroatoms. The summed E-state index contributed by atoms with van der Waals surface area (Å²) in [6.45, 7) is 2.61. The summed E-state index contributed by atoms with van der Waals surface area (Å²) >= 11 is 6.19. The molecule has 0 aliphatic rings. The van der Waals surface area contributed by atoms with Crippen LogP contribution < -0.4 is 10.1 Å². The zero-order valence-corrected chi connectivity index (χ0v) is 12.2. The van der Waals surface area contributed by atoms with Gasteiger partial charge in [-0.3, -0.25) is 0 Å². The molecule has 0 saturated heterocycles. The second kappa shape index (κ2) is 6.73. The van der Waals surface area contributed by atoms with Gasteiger partial charge in [-0.1, -0.05) is 29.8 Å². The fraction of sp³-hybridized carbons (Fsp3) is 0.250. The van der Waals surface area contributed by atoms with Crippen molar-refractivity contribution < 1.29 is 9.13 Å². The largest absolute Gasteiger partial charge is 0.496 e. The van der Waals surface area contributed by atoms with Crippen molar-refractivity contribution in [3.8, 4) is 5.75 Å². The summed E-state index contributed by atoms with van der Waals surface area (Å²) in [7, 11) is 1.62. The Morgan fingerprint density at radius 2 is 1.90 bits per heavy atom. The van der Waals surface area contributed by atoms with Crippen molar-refractivity contribution in [3.05, 3.63) is 64.4 Å². The van der Waals surface area contributed by atoms with Gasteiger partial charge < -0.3 is 10.1 Å². The van der Waals surface area contributed by atoms with Crippen LogP contribution in [-0.2, 0) is 6.54 Å². The number of nitrogens with one attached hydrogen (secondary N) is 1. The SMILES string of the molecule is COc1cccc(Cl)c1CN[C@H](C)c1ccc(F)cc1. The number of halogens is 2. The Hall–Kier alpha value is -1.58. The first-order chi connectivity index (χ1) is 9.61. The highest BCUT2D eigenvalue weighted by molar-refractivity contribution is 6.31. The predicted molar refractivity (Wildman–Crippen MR) is 79.7 cm³/mol. The van der Waals surface area contributed by atoms with Crippen LogP contribution in [0.3, 0.4) is 0 Å². The highest BCUT2D eigenvalue weighted by atomic mass is 35.5. The van der Waals surface area contributed by atoms with Crippen molar-refractivity contribution in [3.63, 3.8) is 0 Å². The van der Waals surface area contributed by atoms with E-state index in [-0.39, 0.29) is 11.9 Å². The van der Waals surface area contributed by atoms with Crippen LogP contribution in [0.4, 0.5) is 4.39 Å². The van der Waals surface area contributed by atoms with Crippen molar-refractivity contribution in [2.24, 2.45) is 0 Å². The number of methoxy groups -OCH3 is 1. The monoisotopic (exact) mass is 293 g/mol. The molecular formula is C16H17ClFNO. The standard InChI is InChI=1S/C16H17ClFNO/c1-11(12-6-8-13(18)9-7-12)19-10-14-15(17)4-3-5-16(14)20-2/h3-9,11,19H,10H2,1-2H3/t11-/m1/s1. The molecule has 2 aromatic carbocycles. The van der Waals surface area contributed by atoms with E-state index in [1.165, 1.54) is 12.1 Å². The van der Waals surface area contributed by atoms with Gasteiger partial charge in [0, 0.05) is 23.2 Å². The summed E-state index contributed by atoms with van der Waals surface area (Å²) in [5.41, 5.74) is 1.95. The molecule has 106 valence electrons. The first-order valence-electron chi connectivity index (χ1n) is 6.42. The first kappa shape index (κ1) is 14.8. The minimum atomic E-state index is -0.228. The summed E-state index contributed by atoms with van der Waals surface area (Å²) in [6.07, 6.45) is 0. The molecule has 0 aliphatic carbocycles. The minimum Gasteiger partial charge on any atom is -0.496 e. The lowest BCUT2D eigenvalue weighted by molar-refractivity contribution is 0.406. The van der Waals surface area contributed by atoms with Crippen molar-refractivity contribution in [2.45, 2.75) is 19.5 Å². The zero-order chi connectivity index (χ0) is 14.5. The van der Waals surface area contributed by atoms with Crippen LogP contribution in [0.15, 0.2) is 42.5 Å². The van der Waals surface area contributed by atoms with E-state index >= 15 is 0 Å². The molecular weight excluding hydrogens is 277 g/mol. The van der Waals surface area contributed by atoms with E-state index in [0.29, 0.717) is 11.6 Å². The van der Waals surface area contributed by atoms with Gasteiger partial charge in [-0.2, -0.15) is 0 Å². The van der Waals surface area contributed by atoms with Gasteiger partial charge in [-0.05, 0) is 36.8 Å². The molecule has 0 aromatic heterocycles. The third-order valence-electron chi connectivity index (χ3n) is 3.25. The number of ether oxygens (including phenoxy) is 1. The van der Waals surface area contributed by atoms with Crippen LogP contribution in [0.2, 0.25) is 5.02 Å². The van der Waals surface area contributed by atoms with Gasteiger partial charge in [0.1, 0.15) is 11.6 Å². The van der Waals surface area contributed by atoms with Crippen LogP contribution in [0.5, 0.6) is 5.75 Å². The van der Waals surface area contributed by atoms with Crippen LogP contribution in [-0.4, -0.2) is 7.11 Å². The van der Waals surface area contributed by atoms with Gasteiger partial charge in [0.15, 0.2) is 0 Å². The Kier molecular flexibility index (Phi) is 4.99. The van der Waals surface area contributed by atoms with Crippen LogP contribution in [0.25, 0.3) is 0 Å². The highest BCUT2D eigenvalue weighted by Crippen LogP contribution is 2.26. The summed E-state index contributed by atoms with van der Waals surface area (Å²) < 4.78 is 18.2. The Balaban J connectivity index is 2.07. The average Bonchev–Trinajstić information content (AvgIpc) is 2.46. The maximum absolute atomic E-state index is 12.9. The highest BCUT2D eigenvalue weighted by Gasteiger charge is 2.10. The molecule has 0 amide bonds. The Morgan fingerprint density at radius 3 is 2.55 bits per heavy atom. The van der Waals surface area contributed by atoms with E-state index in [1.54, 1.807) is 19.2 Å². The van der Waals surface area contributed by atoms with Crippen LogP contribution >= 0.6 is 11.6 Å². The summed E-state index contributed by atoms with van der Waals surface area (Å²) in [6, 6.07) is 12.1. The van der Waals surface area contributed by atoms with Gasteiger partial charge in [0.25, 0.3) is 0 Å². The number of hydrogen-bond donors (Lipinski definition) is 1.